The van der Waals surface area contributed by atoms with Crippen LogP contribution in [0.15, 0.2) is 6.20 Å². The molecule has 0 aliphatic rings. The minimum Gasteiger partial charge on any atom is -0.323 e. The Labute approximate surface area is 59.9 Å². The van der Waals surface area contributed by atoms with Gasteiger partial charge in [0.25, 0.3) is 0 Å². The fraction of sp³-hybridized carbons (Fsp3) is 0.429. The third kappa shape index (κ3) is 0.883. The molecule has 0 radical (unpaired) electrons. The molecule has 0 saturated heterocycles. The highest BCUT2D eigenvalue weighted by atomic mass is 15.1. The highest BCUT2D eigenvalue weighted by Crippen LogP contribution is 2.01. The lowest BCUT2D eigenvalue weighted by Crippen LogP contribution is -1.96. The van der Waals surface area contributed by atoms with Crippen molar-refractivity contribution in [2.24, 2.45) is 7.05 Å². The first-order chi connectivity index (χ1) is 4.79. The van der Waals surface area contributed by atoms with Gasteiger partial charge >= 0.3 is 0 Å². The van der Waals surface area contributed by atoms with E-state index in [9.17, 15) is 0 Å². The number of imidazole rings is 1. The van der Waals surface area contributed by atoms with Crippen LogP contribution in [-0.4, -0.2) is 9.55 Å². The average Bonchev–Trinajstić information content (AvgIpc) is 2.30. The van der Waals surface area contributed by atoms with E-state index in [0.29, 0.717) is 5.82 Å². The summed E-state index contributed by atoms with van der Waals surface area (Å²) in [6.45, 7) is 2.04. The van der Waals surface area contributed by atoms with Crippen molar-refractivity contribution in [3.8, 4) is 6.07 Å². The number of rotatable bonds is 1. The van der Waals surface area contributed by atoms with E-state index in [2.05, 4.69) is 4.98 Å². The molecule has 0 aliphatic heterocycles. The van der Waals surface area contributed by atoms with Crippen molar-refractivity contribution in [3.05, 3.63) is 17.7 Å². The third-order valence-corrected chi connectivity index (χ3v) is 1.55. The van der Waals surface area contributed by atoms with E-state index in [-0.39, 0.29) is 0 Å². The number of nitrogens with zero attached hydrogens (tertiary/aromatic N) is 3. The van der Waals surface area contributed by atoms with Gasteiger partial charge in [0.15, 0.2) is 0 Å². The van der Waals surface area contributed by atoms with Crippen LogP contribution in [0, 0.1) is 11.3 Å². The van der Waals surface area contributed by atoms with Crippen LogP contribution in [0.5, 0.6) is 0 Å². The Kier molecular flexibility index (Phi) is 1.72. The molecule has 0 aliphatic carbocycles. The molecule has 0 N–H and O–H groups in total. The first kappa shape index (κ1) is 6.81. The van der Waals surface area contributed by atoms with E-state index in [0.717, 1.165) is 12.1 Å². The molecule has 0 saturated carbocycles. The predicted molar refractivity (Wildman–Crippen MR) is 37.3 cm³/mol. The molecule has 1 heterocycles. The minimum atomic E-state index is 0.483. The normalized spacial score (nSPS) is 9.30. The highest BCUT2D eigenvalue weighted by Gasteiger charge is 2.01. The van der Waals surface area contributed by atoms with E-state index in [1.165, 1.54) is 0 Å². The highest BCUT2D eigenvalue weighted by molar-refractivity contribution is 5.16. The van der Waals surface area contributed by atoms with Crippen LogP contribution in [0.25, 0.3) is 0 Å². The van der Waals surface area contributed by atoms with Crippen molar-refractivity contribution < 1.29 is 0 Å². The Balaban J connectivity index is 3.12. The molecule has 1 rings (SSSR count). The smallest absolute Gasteiger partial charge is 0.212 e. The maximum absolute atomic E-state index is 8.49. The van der Waals surface area contributed by atoms with Gasteiger partial charge in [-0.05, 0) is 6.42 Å². The standard InChI is InChI=1S/C7H9N3/c1-3-6-5-9-7(4-8)10(6)2/h5H,3H2,1-2H3. The average molecular weight is 135 g/mol. The van der Waals surface area contributed by atoms with E-state index < -0.39 is 0 Å². The van der Waals surface area contributed by atoms with Gasteiger partial charge in [-0.15, -0.1) is 0 Å². The molecule has 1 aromatic heterocycles. The molecule has 3 heteroatoms. The topological polar surface area (TPSA) is 41.6 Å². The molecule has 0 aromatic carbocycles. The van der Waals surface area contributed by atoms with Crippen LogP contribution in [0.2, 0.25) is 0 Å². The van der Waals surface area contributed by atoms with Crippen molar-refractivity contribution in [2.75, 3.05) is 0 Å². The zero-order chi connectivity index (χ0) is 7.56. The summed E-state index contributed by atoms with van der Waals surface area (Å²) in [5, 5.41) is 8.49. The summed E-state index contributed by atoms with van der Waals surface area (Å²) >= 11 is 0. The van der Waals surface area contributed by atoms with Crippen LogP contribution >= 0.6 is 0 Å². The SMILES string of the molecule is CCc1cnc(C#N)n1C. The number of aryl methyl sites for hydroxylation is 1. The maximum atomic E-state index is 8.49. The Morgan fingerprint density at radius 1 is 1.80 bits per heavy atom. The van der Waals surface area contributed by atoms with Crippen LogP contribution in [0.1, 0.15) is 18.4 Å². The molecule has 0 amide bonds. The number of nitriles is 1. The van der Waals surface area contributed by atoms with Gasteiger partial charge in [-0.3, -0.25) is 0 Å². The Morgan fingerprint density at radius 3 is 2.80 bits per heavy atom. The Bertz CT molecular complexity index is 267. The lowest BCUT2D eigenvalue weighted by atomic mass is 10.4. The lowest BCUT2D eigenvalue weighted by Gasteiger charge is -1.95. The van der Waals surface area contributed by atoms with Gasteiger partial charge in [-0.2, -0.15) is 5.26 Å². The second kappa shape index (κ2) is 2.53. The molecular weight excluding hydrogens is 126 g/mol. The number of aromatic nitrogens is 2. The van der Waals surface area contributed by atoms with Gasteiger partial charge in [0.2, 0.25) is 5.82 Å². The maximum Gasteiger partial charge on any atom is 0.212 e. The van der Waals surface area contributed by atoms with Gasteiger partial charge in [0, 0.05) is 18.9 Å². The molecule has 10 heavy (non-hydrogen) atoms. The zero-order valence-electron chi connectivity index (χ0n) is 6.13. The van der Waals surface area contributed by atoms with Crippen molar-refractivity contribution in [1.82, 2.24) is 9.55 Å². The Morgan fingerprint density at radius 2 is 2.50 bits per heavy atom. The van der Waals surface area contributed by atoms with Crippen molar-refractivity contribution >= 4 is 0 Å². The molecular formula is C7H9N3. The largest absolute Gasteiger partial charge is 0.323 e. The molecule has 0 unspecified atom stereocenters. The quantitative estimate of drug-likeness (QED) is 0.573. The third-order valence-electron chi connectivity index (χ3n) is 1.55. The van der Waals surface area contributed by atoms with Crippen LogP contribution in [0.3, 0.4) is 0 Å². The van der Waals surface area contributed by atoms with Crippen LogP contribution in [0.4, 0.5) is 0 Å². The Hall–Kier alpha value is -1.30. The molecule has 3 nitrogen and oxygen atoms in total. The molecule has 0 spiro atoms. The van der Waals surface area contributed by atoms with Gasteiger partial charge in [0.1, 0.15) is 6.07 Å². The zero-order valence-corrected chi connectivity index (χ0v) is 6.13. The summed E-state index contributed by atoms with van der Waals surface area (Å²) in [5.41, 5.74) is 1.09. The number of hydrogen-bond acceptors (Lipinski definition) is 2. The summed E-state index contributed by atoms with van der Waals surface area (Å²) in [6, 6.07) is 2.00. The molecule has 0 bridgehead atoms. The second-order valence-electron chi connectivity index (χ2n) is 2.10. The van der Waals surface area contributed by atoms with E-state index in [4.69, 9.17) is 5.26 Å². The van der Waals surface area contributed by atoms with Crippen molar-refractivity contribution in [2.45, 2.75) is 13.3 Å². The number of hydrogen-bond donors (Lipinski definition) is 0. The van der Waals surface area contributed by atoms with Gasteiger partial charge in [-0.1, -0.05) is 6.92 Å². The predicted octanol–water partition coefficient (Wildman–Crippen LogP) is 0.854. The lowest BCUT2D eigenvalue weighted by molar-refractivity contribution is 0.818. The van der Waals surface area contributed by atoms with Gasteiger partial charge in [-0.25, -0.2) is 4.98 Å². The second-order valence-corrected chi connectivity index (χ2v) is 2.10. The summed E-state index contributed by atoms with van der Waals surface area (Å²) < 4.78 is 1.81. The summed E-state index contributed by atoms with van der Waals surface area (Å²) in [7, 11) is 1.85. The van der Waals surface area contributed by atoms with Crippen molar-refractivity contribution in [3.63, 3.8) is 0 Å². The van der Waals surface area contributed by atoms with Gasteiger partial charge in [0.05, 0.1) is 0 Å². The molecule has 52 valence electrons. The fourth-order valence-electron chi connectivity index (χ4n) is 0.877. The summed E-state index contributed by atoms with van der Waals surface area (Å²) in [4.78, 5) is 3.91. The summed E-state index contributed by atoms with van der Waals surface area (Å²) in [5.74, 6) is 0.483. The minimum absolute atomic E-state index is 0.483. The first-order valence-corrected chi connectivity index (χ1v) is 3.20. The van der Waals surface area contributed by atoms with E-state index in [1.54, 1.807) is 10.8 Å². The van der Waals surface area contributed by atoms with Crippen LogP contribution in [-0.2, 0) is 13.5 Å². The molecule has 0 fully saturated rings. The van der Waals surface area contributed by atoms with E-state index in [1.807, 2.05) is 20.0 Å². The van der Waals surface area contributed by atoms with E-state index >= 15 is 0 Å². The summed E-state index contributed by atoms with van der Waals surface area (Å²) in [6.07, 6.45) is 2.66. The van der Waals surface area contributed by atoms with Crippen molar-refractivity contribution in [1.29, 1.82) is 5.26 Å². The molecule has 0 atom stereocenters. The fourth-order valence-corrected chi connectivity index (χ4v) is 0.877. The van der Waals surface area contributed by atoms with Crippen LogP contribution < -0.4 is 0 Å². The molecule has 1 aromatic rings. The monoisotopic (exact) mass is 135 g/mol. The first-order valence-electron chi connectivity index (χ1n) is 3.20. The van der Waals surface area contributed by atoms with Gasteiger partial charge < -0.3 is 4.57 Å².